The van der Waals surface area contributed by atoms with Crippen molar-refractivity contribution in [3.8, 4) is 0 Å². The molecule has 9 heteroatoms. The number of anilines is 1. The lowest BCUT2D eigenvalue weighted by Gasteiger charge is -2.24. The van der Waals surface area contributed by atoms with Crippen LogP contribution in [0, 0.1) is 18.8 Å². The average Bonchev–Trinajstić information content (AvgIpc) is 3.08. The minimum absolute atomic E-state index is 0.180. The Labute approximate surface area is 199 Å². The summed E-state index contributed by atoms with van der Waals surface area (Å²) in [7, 11) is 0. The Kier molecular flexibility index (Phi) is 8.41. The number of esters is 1. The number of likely N-dealkylation sites (tertiary alicyclic amines) is 1. The highest BCUT2D eigenvalue weighted by molar-refractivity contribution is 6.07. The van der Waals surface area contributed by atoms with Crippen LogP contribution in [0.25, 0.3) is 0 Å². The summed E-state index contributed by atoms with van der Waals surface area (Å²) in [6, 6.07) is 6.23. The topological polar surface area (TPSA) is 113 Å². The molecule has 184 valence electrons. The first kappa shape index (κ1) is 25.4. The summed E-state index contributed by atoms with van der Waals surface area (Å²) < 4.78 is 5.17. The summed E-state index contributed by atoms with van der Waals surface area (Å²) >= 11 is 0. The van der Waals surface area contributed by atoms with Crippen molar-refractivity contribution in [3.05, 3.63) is 29.8 Å². The van der Waals surface area contributed by atoms with Gasteiger partial charge in [-0.25, -0.2) is 4.79 Å². The highest BCUT2D eigenvalue weighted by Crippen LogP contribution is 2.38. The van der Waals surface area contributed by atoms with Gasteiger partial charge in [0.25, 0.3) is 5.91 Å². The number of hydrogen-bond donors (Lipinski definition) is 1. The first-order valence-electron chi connectivity index (χ1n) is 11.9. The second kappa shape index (κ2) is 11.3. The molecular formula is C25H33N3O6. The van der Waals surface area contributed by atoms with Gasteiger partial charge in [-0.2, -0.15) is 0 Å². The fourth-order valence-corrected chi connectivity index (χ4v) is 4.66. The third-order valence-electron chi connectivity index (χ3n) is 6.54. The van der Waals surface area contributed by atoms with Crippen LogP contribution >= 0.6 is 0 Å². The van der Waals surface area contributed by atoms with Crippen molar-refractivity contribution in [1.82, 2.24) is 9.80 Å². The fourth-order valence-electron chi connectivity index (χ4n) is 4.66. The predicted molar refractivity (Wildman–Crippen MR) is 124 cm³/mol. The van der Waals surface area contributed by atoms with Gasteiger partial charge in [-0.3, -0.25) is 24.1 Å². The minimum atomic E-state index is -1.10. The third-order valence-corrected chi connectivity index (χ3v) is 6.54. The van der Waals surface area contributed by atoms with Crippen molar-refractivity contribution < 1.29 is 28.7 Å². The van der Waals surface area contributed by atoms with Crippen LogP contribution < -0.4 is 5.32 Å². The largest absolute Gasteiger partial charge is 0.454 e. The molecule has 1 aliphatic heterocycles. The molecule has 3 rings (SSSR count). The van der Waals surface area contributed by atoms with E-state index in [1.807, 2.05) is 32.0 Å². The van der Waals surface area contributed by atoms with Crippen molar-refractivity contribution in [2.45, 2.75) is 58.9 Å². The molecule has 1 aromatic rings. The zero-order chi connectivity index (χ0) is 24.8. The summed E-state index contributed by atoms with van der Waals surface area (Å²) in [5.74, 6) is -3.05. The fraction of sp³-hybridized carbons (Fsp3) is 0.560. The molecule has 4 amide bonds. The van der Waals surface area contributed by atoms with Crippen LogP contribution in [0.5, 0.6) is 0 Å². The minimum Gasteiger partial charge on any atom is -0.454 e. The number of nitrogens with one attached hydrogen (secondary N) is 1. The van der Waals surface area contributed by atoms with Gasteiger partial charge in [0.1, 0.15) is 6.04 Å². The molecule has 1 saturated carbocycles. The molecule has 0 spiro atoms. The molecule has 0 radical (unpaired) electrons. The predicted octanol–water partition coefficient (Wildman–Crippen LogP) is 2.28. The van der Waals surface area contributed by atoms with E-state index in [9.17, 15) is 24.0 Å². The monoisotopic (exact) mass is 471 g/mol. The molecule has 1 heterocycles. The van der Waals surface area contributed by atoms with E-state index in [0.29, 0.717) is 31.5 Å². The van der Waals surface area contributed by atoms with Gasteiger partial charge in [-0.15, -0.1) is 0 Å². The molecule has 0 aromatic heterocycles. The molecule has 1 aliphatic carbocycles. The maximum Gasteiger partial charge on any atom is 0.329 e. The zero-order valence-corrected chi connectivity index (χ0v) is 20.0. The number of amides is 4. The van der Waals surface area contributed by atoms with E-state index in [2.05, 4.69) is 5.32 Å². The number of benzene rings is 1. The van der Waals surface area contributed by atoms with Crippen LogP contribution in [-0.4, -0.2) is 65.1 Å². The Morgan fingerprint density at radius 1 is 1.12 bits per heavy atom. The van der Waals surface area contributed by atoms with Crippen molar-refractivity contribution in [3.63, 3.8) is 0 Å². The summed E-state index contributed by atoms with van der Waals surface area (Å²) in [5.41, 5.74) is 1.56. The number of carbonyl (C=O) groups excluding carboxylic acids is 5. The van der Waals surface area contributed by atoms with E-state index >= 15 is 0 Å². The van der Waals surface area contributed by atoms with Gasteiger partial charge < -0.3 is 15.0 Å². The van der Waals surface area contributed by atoms with Crippen molar-refractivity contribution in [2.75, 3.05) is 25.0 Å². The van der Waals surface area contributed by atoms with Gasteiger partial charge in [0, 0.05) is 12.2 Å². The molecule has 34 heavy (non-hydrogen) atoms. The van der Waals surface area contributed by atoms with Crippen LogP contribution in [0.3, 0.4) is 0 Å². The number of nitrogens with zero attached hydrogens (tertiary/aromatic N) is 2. The summed E-state index contributed by atoms with van der Waals surface area (Å²) in [6.07, 6.45) is 3.72. The Hall–Kier alpha value is -3.23. The van der Waals surface area contributed by atoms with Crippen LogP contribution in [0.1, 0.15) is 51.5 Å². The number of aryl methyl sites for hydroxylation is 1. The maximum atomic E-state index is 12.7. The number of carbonyl (C=O) groups is 5. The lowest BCUT2D eigenvalue weighted by molar-refractivity contribution is -0.161. The number of hydrogen-bond acceptors (Lipinski definition) is 6. The quantitative estimate of drug-likeness (QED) is 0.437. The first-order valence-corrected chi connectivity index (χ1v) is 11.9. The molecule has 3 atom stereocenters. The van der Waals surface area contributed by atoms with E-state index < -0.39 is 24.5 Å². The molecule has 0 bridgehead atoms. The number of rotatable bonds is 9. The van der Waals surface area contributed by atoms with E-state index in [-0.39, 0.29) is 36.1 Å². The third kappa shape index (κ3) is 5.63. The second-order valence-electron chi connectivity index (χ2n) is 9.01. The lowest BCUT2D eigenvalue weighted by Crippen LogP contribution is -2.46. The summed E-state index contributed by atoms with van der Waals surface area (Å²) in [5, 5.41) is 2.79. The Morgan fingerprint density at radius 3 is 2.32 bits per heavy atom. The van der Waals surface area contributed by atoms with Crippen molar-refractivity contribution in [1.29, 1.82) is 0 Å². The number of fused-ring (bicyclic) bond motifs is 1. The molecule has 3 unspecified atom stereocenters. The SMILES string of the molecule is CCCN(CC(=O)Nc1ccccc1C)C(=O)COC(=O)C(C)N1C(=O)C2CCCCC2C1=O. The Bertz CT molecular complexity index is 938. The van der Waals surface area contributed by atoms with Gasteiger partial charge in [0.2, 0.25) is 17.7 Å². The molecule has 1 saturated heterocycles. The van der Waals surface area contributed by atoms with Crippen LogP contribution in [-0.2, 0) is 28.7 Å². The van der Waals surface area contributed by atoms with E-state index in [1.165, 1.54) is 11.8 Å². The Morgan fingerprint density at radius 2 is 1.74 bits per heavy atom. The normalized spacial score (nSPS) is 20.5. The smallest absolute Gasteiger partial charge is 0.329 e. The number of para-hydroxylation sites is 1. The molecule has 9 nitrogen and oxygen atoms in total. The lowest BCUT2D eigenvalue weighted by atomic mass is 9.81. The summed E-state index contributed by atoms with van der Waals surface area (Å²) in [4.78, 5) is 65.5. The van der Waals surface area contributed by atoms with Gasteiger partial charge in [0.05, 0.1) is 18.4 Å². The Balaban J connectivity index is 1.55. The van der Waals surface area contributed by atoms with Gasteiger partial charge >= 0.3 is 5.97 Å². The number of ether oxygens (including phenoxy) is 1. The molecular weight excluding hydrogens is 438 g/mol. The first-order chi connectivity index (χ1) is 16.2. The van der Waals surface area contributed by atoms with Crippen molar-refractivity contribution in [2.24, 2.45) is 11.8 Å². The second-order valence-corrected chi connectivity index (χ2v) is 9.01. The van der Waals surface area contributed by atoms with E-state index in [1.54, 1.807) is 6.07 Å². The molecule has 2 aliphatic rings. The van der Waals surface area contributed by atoms with Gasteiger partial charge in [-0.1, -0.05) is 38.0 Å². The van der Waals surface area contributed by atoms with Crippen molar-refractivity contribution >= 4 is 35.3 Å². The van der Waals surface area contributed by atoms with E-state index in [4.69, 9.17) is 4.74 Å². The van der Waals surface area contributed by atoms with Gasteiger partial charge in [-0.05, 0) is 44.7 Å². The van der Waals surface area contributed by atoms with Crippen LogP contribution in [0.4, 0.5) is 5.69 Å². The zero-order valence-electron chi connectivity index (χ0n) is 20.0. The summed E-state index contributed by atoms with van der Waals surface area (Å²) in [6.45, 7) is 4.76. The average molecular weight is 472 g/mol. The maximum absolute atomic E-state index is 12.7. The highest BCUT2D eigenvalue weighted by atomic mass is 16.5. The number of imide groups is 1. The van der Waals surface area contributed by atoms with Crippen LogP contribution in [0.2, 0.25) is 0 Å². The molecule has 1 N–H and O–H groups in total. The van der Waals surface area contributed by atoms with E-state index in [0.717, 1.165) is 23.3 Å². The molecule has 2 fully saturated rings. The highest BCUT2D eigenvalue weighted by Gasteiger charge is 2.51. The molecule has 1 aromatic carbocycles. The standard InChI is InChI=1S/C25H33N3O6/c1-4-13-27(14-21(29)26-20-12-8-5-9-16(20)2)22(30)15-34-25(33)17(3)28-23(31)18-10-6-7-11-19(18)24(28)32/h5,8-9,12,17-19H,4,6-7,10-11,13-15H2,1-3H3,(H,26,29). The van der Waals surface area contributed by atoms with Gasteiger partial charge in [0.15, 0.2) is 6.61 Å². The van der Waals surface area contributed by atoms with Crippen LogP contribution in [0.15, 0.2) is 24.3 Å².